The summed E-state index contributed by atoms with van der Waals surface area (Å²) in [7, 11) is 1.34. The Morgan fingerprint density at radius 1 is 1.15 bits per heavy atom. The molecule has 132 valence electrons. The van der Waals surface area contributed by atoms with Gasteiger partial charge in [0.25, 0.3) is 0 Å². The third-order valence-electron chi connectivity index (χ3n) is 5.13. The molecule has 0 aromatic heterocycles. The van der Waals surface area contributed by atoms with Crippen molar-refractivity contribution >= 4 is 17.7 Å². The van der Waals surface area contributed by atoms with E-state index in [9.17, 15) is 9.59 Å². The molecule has 2 heterocycles. The fourth-order valence-corrected chi connectivity index (χ4v) is 3.95. The molecule has 0 saturated carbocycles. The second kappa shape index (κ2) is 6.38. The van der Waals surface area contributed by atoms with Crippen molar-refractivity contribution in [3.05, 3.63) is 71.8 Å². The molecule has 1 saturated heterocycles. The lowest BCUT2D eigenvalue weighted by molar-refractivity contribution is -0.148. The number of oxime groups is 1. The highest BCUT2D eigenvalue weighted by Crippen LogP contribution is 2.49. The first kappa shape index (κ1) is 16.5. The fraction of sp³-hybridized carbons (Fsp3) is 0.250. The fourth-order valence-electron chi connectivity index (χ4n) is 3.95. The number of hydrogen-bond acceptors (Lipinski definition) is 6. The van der Waals surface area contributed by atoms with Crippen LogP contribution in [0.5, 0.6) is 0 Å². The molecule has 4 rings (SSSR count). The van der Waals surface area contributed by atoms with Crippen LogP contribution < -0.4 is 5.32 Å². The van der Waals surface area contributed by atoms with E-state index in [4.69, 9.17) is 9.57 Å². The molecule has 3 atom stereocenters. The molecule has 6 heteroatoms. The van der Waals surface area contributed by atoms with Gasteiger partial charge in [-0.2, -0.15) is 0 Å². The summed E-state index contributed by atoms with van der Waals surface area (Å²) in [5, 5.41) is 7.26. The van der Waals surface area contributed by atoms with Crippen molar-refractivity contribution < 1.29 is 19.2 Å². The zero-order valence-corrected chi connectivity index (χ0v) is 14.2. The van der Waals surface area contributed by atoms with E-state index in [0.717, 1.165) is 11.1 Å². The summed E-state index contributed by atoms with van der Waals surface area (Å²) in [5.41, 5.74) is 1.11. The van der Waals surface area contributed by atoms with Gasteiger partial charge >= 0.3 is 11.9 Å². The van der Waals surface area contributed by atoms with Crippen molar-refractivity contribution in [3.8, 4) is 0 Å². The predicted octanol–water partition coefficient (Wildman–Crippen LogP) is 1.86. The molecule has 1 N–H and O–H groups in total. The van der Waals surface area contributed by atoms with Crippen molar-refractivity contribution in [2.45, 2.75) is 12.0 Å². The maximum absolute atomic E-state index is 12.9. The number of nitrogens with one attached hydrogen (secondary N) is 1. The van der Waals surface area contributed by atoms with Crippen LogP contribution in [0.25, 0.3) is 0 Å². The topological polar surface area (TPSA) is 77.0 Å². The molecule has 26 heavy (non-hydrogen) atoms. The molecule has 0 amide bonds. The molecule has 2 aromatic rings. The Balaban J connectivity index is 1.88. The molecule has 1 spiro atoms. The Bertz CT molecular complexity index is 866. The third kappa shape index (κ3) is 2.34. The van der Waals surface area contributed by atoms with Gasteiger partial charge in [0.1, 0.15) is 17.2 Å². The maximum atomic E-state index is 12.9. The summed E-state index contributed by atoms with van der Waals surface area (Å²) >= 11 is 0. The van der Waals surface area contributed by atoms with Crippen LogP contribution in [0.1, 0.15) is 17.0 Å². The van der Waals surface area contributed by atoms with E-state index in [1.165, 1.54) is 7.11 Å². The maximum Gasteiger partial charge on any atom is 0.349 e. The molecule has 2 aromatic carbocycles. The predicted molar refractivity (Wildman–Crippen MR) is 94.5 cm³/mol. The van der Waals surface area contributed by atoms with E-state index in [1.54, 1.807) is 0 Å². The van der Waals surface area contributed by atoms with Crippen LogP contribution in [-0.2, 0) is 19.2 Å². The van der Waals surface area contributed by atoms with E-state index in [-0.39, 0.29) is 6.54 Å². The van der Waals surface area contributed by atoms with Crippen LogP contribution in [0.4, 0.5) is 0 Å². The van der Waals surface area contributed by atoms with E-state index in [2.05, 4.69) is 10.5 Å². The van der Waals surface area contributed by atoms with Gasteiger partial charge in [0.05, 0.1) is 7.11 Å². The van der Waals surface area contributed by atoms with Gasteiger partial charge in [-0.3, -0.25) is 4.79 Å². The minimum Gasteiger partial charge on any atom is -0.468 e. The first-order valence-electron chi connectivity index (χ1n) is 8.40. The molecular formula is C20H18N2O4. The molecular weight excluding hydrogens is 332 g/mol. The van der Waals surface area contributed by atoms with Crippen LogP contribution in [0.3, 0.4) is 0 Å². The molecule has 0 aliphatic carbocycles. The van der Waals surface area contributed by atoms with E-state index in [0.29, 0.717) is 5.71 Å². The highest BCUT2D eigenvalue weighted by molar-refractivity contribution is 6.19. The van der Waals surface area contributed by atoms with Crippen LogP contribution >= 0.6 is 0 Å². The molecule has 6 nitrogen and oxygen atoms in total. The van der Waals surface area contributed by atoms with Gasteiger partial charge in [0.15, 0.2) is 0 Å². The van der Waals surface area contributed by atoms with Gasteiger partial charge in [-0.1, -0.05) is 65.8 Å². The standard InChI is InChI=1S/C20H18N2O4/c1-25-18(23)16-15(13-8-4-2-5-9-13)20(12-21-16)17(22-26-19(20)24)14-10-6-3-7-11-14/h2-11,15-16,21H,12H2,1H3/t15-,16+,20+/m0/s1. The average Bonchev–Trinajstić information content (AvgIpc) is 3.25. The Morgan fingerprint density at radius 2 is 1.81 bits per heavy atom. The van der Waals surface area contributed by atoms with Crippen LogP contribution in [0, 0.1) is 5.41 Å². The third-order valence-corrected chi connectivity index (χ3v) is 5.13. The summed E-state index contributed by atoms with van der Waals surface area (Å²) in [5.74, 6) is -1.35. The van der Waals surface area contributed by atoms with Crippen LogP contribution in [0.2, 0.25) is 0 Å². The molecule has 1 fully saturated rings. The van der Waals surface area contributed by atoms with Crippen LogP contribution in [0.15, 0.2) is 65.8 Å². The van der Waals surface area contributed by atoms with E-state index < -0.39 is 29.3 Å². The van der Waals surface area contributed by atoms with Crippen molar-refractivity contribution in [3.63, 3.8) is 0 Å². The summed E-state index contributed by atoms with van der Waals surface area (Å²) in [6.45, 7) is 0.249. The lowest BCUT2D eigenvalue weighted by Crippen LogP contribution is -2.44. The van der Waals surface area contributed by atoms with Gasteiger partial charge in [0.2, 0.25) is 0 Å². The largest absolute Gasteiger partial charge is 0.468 e. The average molecular weight is 350 g/mol. The second-order valence-corrected chi connectivity index (χ2v) is 6.43. The Kier molecular flexibility index (Phi) is 4.05. The van der Waals surface area contributed by atoms with E-state index >= 15 is 0 Å². The molecule has 0 bridgehead atoms. The molecule has 2 aliphatic rings. The Labute approximate surface area is 150 Å². The minimum absolute atomic E-state index is 0.249. The van der Waals surface area contributed by atoms with Gasteiger partial charge in [-0.25, -0.2) is 4.79 Å². The number of rotatable bonds is 3. The number of hydrogen-bond donors (Lipinski definition) is 1. The van der Waals surface area contributed by atoms with Crippen molar-refractivity contribution in [1.82, 2.24) is 5.32 Å². The number of carbonyl (C=O) groups is 2. The van der Waals surface area contributed by atoms with Crippen molar-refractivity contribution in [2.75, 3.05) is 13.7 Å². The van der Waals surface area contributed by atoms with Gasteiger partial charge in [-0.15, -0.1) is 0 Å². The SMILES string of the molecule is COC(=O)[C@@H]1NC[C@@]2(C(=O)ON=C2c2ccccc2)[C@H]1c1ccccc1. The monoisotopic (exact) mass is 350 g/mol. The summed E-state index contributed by atoms with van der Waals surface area (Å²) in [6, 6.07) is 18.2. The van der Waals surface area contributed by atoms with Gasteiger partial charge in [-0.05, 0) is 5.56 Å². The minimum atomic E-state index is -1.08. The second-order valence-electron chi connectivity index (χ2n) is 6.43. The highest BCUT2D eigenvalue weighted by atomic mass is 16.7. The van der Waals surface area contributed by atoms with Gasteiger partial charge < -0.3 is 14.9 Å². The first-order valence-corrected chi connectivity index (χ1v) is 8.40. The zero-order valence-electron chi connectivity index (χ0n) is 14.2. The molecule has 0 unspecified atom stereocenters. The summed E-state index contributed by atoms with van der Waals surface area (Å²) in [4.78, 5) is 30.4. The smallest absolute Gasteiger partial charge is 0.349 e. The summed E-state index contributed by atoms with van der Waals surface area (Å²) < 4.78 is 4.97. The number of methoxy groups -OCH3 is 1. The number of carbonyl (C=O) groups excluding carboxylic acids is 2. The first-order chi connectivity index (χ1) is 12.7. The van der Waals surface area contributed by atoms with Gasteiger partial charge in [0, 0.05) is 18.0 Å². The lowest BCUT2D eigenvalue weighted by atomic mass is 9.67. The quantitative estimate of drug-likeness (QED) is 0.675. The van der Waals surface area contributed by atoms with E-state index in [1.807, 2.05) is 60.7 Å². The summed E-state index contributed by atoms with van der Waals surface area (Å²) in [6.07, 6.45) is 0. The van der Waals surface area contributed by atoms with Crippen molar-refractivity contribution in [2.24, 2.45) is 10.6 Å². The lowest BCUT2D eigenvalue weighted by Gasteiger charge is -2.30. The number of benzene rings is 2. The highest BCUT2D eigenvalue weighted by Gasteiger charge is 2.63. The van der Waals surface area contributed by atoms with Crippen LogP contribution in [-0.4, -0.2) is 37.3 Å². The number of nitrogens with zero attached hydrogens (tertiary/aromatic N) is 1. The molecule has 2 aliphatic heterocycles. The van der Waals surface area contributed by atoms with Crippen molar-refractivity contribution in [1.29, 1.82) is 0 Å². The number of esters is 1. The Morgan fingerprint density at radius 3 is 2.46 bits per heavy atom. The number of ether oxygens (including phenoxy) is 1. The molecule has 0 radical (unpaired) electrons. The normalized spacial score (nSPS) is 27.3. The Hall–Kier alpha value is -2.99. The zero-order chi connectivity index (χ0) is 18.1.